The molecular weight excluding hydrogens is 544 g/mol. The molecule has 0 heterocycles. The number of phenols is 1. The third-order valence-corrected chi connectivity index (χ3v) is 6.52. The van der Waals surface area contributed by atoms with Gasteiger partial charge in [0.2, 0.25) is 23.6 Å². The number of carboxylic acid groups (broad SMARTS) is 1. The van der Waals surface area contributed by atoms with Crippen molar-refractivity contribution in [2.24, 2.45) is 17.2 Å². The largest absolute Gasteiger partial charge is 0.508 e. The van der Waals surface area contributed by atoms with Crippen LogP contribution in [0.25, 0.3) is 0 Å². The van der Waals surface area contributed by atoms with Crippen molar-refractivity contribution >= 4 is 29.6 Å². The number of unbranched alkanes of at least 4 members (excludes halogenated alkanes) is 1. The quantitative estimate of drug-likeness (QED) is 0.105. The van der Waals surface area contributed by atoms with E-state index in [0.29, 0.717) is 36.9 Å². The van der Waals surface area contributed by atoms with Gasteiger partial charge in [0.05, 0.1) is 6.04 Å². The summed E-state index contributed by atoms with van der Waals surface area (Å²) >= 11 is 0. The van der Waals surface area contributed by atoms with E-state index in [9.17, 15) is 34.2 Å². The Morgan fingerprint density at radius 3 is 1.86 bits per heavy atom. The molecule has 0 saturated carbocycles. The van der Waals surface area contributed by atoms with Crippen LogP contribution in [0.3, 0.4) is 0 Å². The number of benzene rings is 2. The number of carbonyl (C=O) groups excluding carboxylic acids is 4. The molecule has 0 bridgehead atoms. The van der Waals surface area contributed by atoms with Crippen LogP contribution in [-0.4, -0.2) is 70.5 Å². The van der Waals surface area contributed by atoms with Crippen LogP contribution in [-0.2, 0) is 36.8 Å². The number of phenolic OH excluding ortho intramolecular Hbond substituents is 1. The lowest BCUT2D eigenvalue weighted by atomic mass is 10.0. The van der Waals surface area contributed by atoms with E-state index in [2.05, 4.69) is 16.0 Å². The molecule has 2 aromatic rings. The van der Waals surface area contributed by atoms with Crippen LogP contribution in [0.2, 0.25) is 0 Å². The van der Waals surface area contributed by atoms with E-state index in [4.69, 9.17) is 17.2 Å². The number of rotatable bonds is 18. The third-order valence-electron chi connectivity index (χ3n) is 6.52. The average molecular weight is 585 g/mol. The van der Waals surface area contributed by atoms with Gasteiger partial charge in [-0.05, 0) is 49.1 Å². The summed E-state index contributed by atoms with van der Waals surface area (Å²) in [6.45, 7) is 0.447. The summed E-state index contributed by atoms with van der Waals surface area (Å²) < 4.78 is 0. The van der Waals surface area contributed by atoms with Crippen LogP contribution in [0.4, 0.5) is 0 Å². The van der Waals surface area contributed by atoms with Gasteiger partial charge in [-0.25, -0.2) is 4.79 Å². The van der Waals surface area contributed by atoms with Gasteiger partial charge in [-0.1, -0.05) is 48.9 Å². The SMILES string of the molecule is NCCCCC(N)C(=O)NC(Cc1ccc(O)cc1)C(=O)NC(CCC(N)=O)C(=O)NC(Cc1ccccc1)C(=O)O. The summed E-state index contributed by atoms with van der Waals surface area (Å²) in [6.07, 6.45) is 1.14. The van der Waals surface area contributed by atoms with Gasteiger partial charge in [-0.3, -0.25) is 19.2 Å². The smallest absolute Gasteiger partial charge is 0.326 e. The minimum atomic E-state index is -1.33. The van der Waals surface area contributed by atoms with Crippen LogP contribution in [0, 0.1) is 0 Å². The first-order valence-electron chi connectivity index (χ1n) is 13.7. The van der Waals surface area contributed by atoms with Gasteiger partial charge < -0.3 is 43.4 Å². The zero-order valence-electron chi connectivity index (χ0n) is 23.3. The van der Waals surface area contributed by atoms with Gasteiger partial charge in [-0.15, -0.1) is 0 Å². The second kappa shape index (κ2) is 17.4. The predicted molar refractivity (Wildman–Crippen MR) is 155 cm³/mol. The van der Waals surface area contributed by atoms with E-state index in [1.54, 1.807) is 42.5 Å². The molecule has 13 heteroatoms. The van der Waals surface area contributed by atoms with E-state index in [-0.39, 0.29) is 31.4 Å². The van der Waals surface area contributed by atoms with Gasteiger partial charge in [0.1, 0.15) is 23.9 Å². The number of aromatic hydroxyl groups is 1. The van der Waals surface area contributed by atoms with E-state index in [1.807, 2.05) is 0 Å². The molecule has 0 aromatic heterocycles. The highest BCUT2D eigenvalue weighted by Gasteiger charge is 2.31. The number of aliphatic carboxylic acids is 1. The Kier molecular flexibility index (Phi) is 13.9. The molecule has 2 rings (SSSR count). The molecule has 4 amide bonds. The molecule has 0 radical (unpaired) electrons. The summed E-state index contributed by atoms with van der Waals surface area (Å²) in [5.41, 5.74) is 18.0. The number of hydrogen-bond donors (Lipinski definition) is 8. The van der Waals surface area contributed by atoms with E-state index in [1.165, 1.54) is 12.1 Å². The first kappa shape index (κ1) is 33.7. The van der Waals surface area contributed by atoms with E-state index >= 15 is 0 Å². The molecule has 0 saturated heterocycles. The van der Waals surface area contributed by atoms with E-state index < -0.39 is 53.8 Å². The van der Waals surface area contributed by atoms with Crippen molar-refractivity contribution in [2.45, 2.75) is 69.1 Å². The van der Waals surface area contributed by atoms with Crippen LogP contribution < -0.4 is 33.2 Å². The van der Waals surface area contributed by atoms with Crippen molar-refractivity contribution in [1.82, 2.24) is 16.0 Å². The number of carboxylic acids is 1. The Balaban J connectivity index is 2.23. The molecule has 11 N–H and O–H groups in total. The molecule has 4 unspecified atom stereocenters. The highest BCUT2D eigenvalue weighted by molar-refractivity contribution is 5.94. The highest BCUT2D eigenvalue weighted by atomic mass is 16.4. The Morgan fingerprint density at radius 2 is 1.26 bits per heavy atom. The summed E-state index contributed by atoms with van der Waals surface area (Å²) in [5.74, 6) is -4.17. The average Bonchev–Trinajstić information content (AvgIpc) is 2.95. The van der Waals surface area contributed by atoms with Gasteiger partial charge >= 0.3 is 5.97 Å². The zero-order valence-corrected chi connectivity index (χ0v) is 23.3. The molecule has 0 spiro atoms. The van der Waals surface area contributed by atoms with Crippen molar-refractivity contribution in [1.29, 1.82) is 0 Å². The maximum atomic E-state index is 13.5. The first-order chi connectivity index (χ1) is 20.0. The van der Waals surface area contributed by atoms with Gasteiger partial charge in [0, 0.05) is 19.3 Å². The fraction of sp³-hybridized carbons (Fsp3) is 0.414. The van der Waals surface area contributed by atoms with Crippen LogP contribution in [0.1, 0.15) is 43.2 Å². The minimum absolute atomic E-state index is 0.0106. The zero-order chi connectivity index (χ0) is 31.1. The second-order valence-electron chi connectivity index (χ2n) is 9.98. The number of hydrogen-bond acceptors (Lipinski definition) is 8. The number of nitrogens with one attached hydrogen (secondary N) is 3. The minimum Gasteiger partial charge on any atom is -0.508 e. The van der Waals surface area contributed by atoms with Crippen LogP contribution in [0.5, 0.6) is 5.75 Å². The monoisotopic (exact) mass is 584 g/mol. The number of amides is 4. The second-order valence-corrected chi connectivity index (χ2v) is 9.98. The Hall–Kier alpha value is -4.49. The molecule has 228 valence electrons. The number of carbonyl (C=O) groups is 5. The van der Waals surface area contributed by atoms with Crippen molar-refractivity contribution in [3.63, 3.8) is 0 Å². The van der Waals surface area contributed by atoms with Gasteiger partial charge in [-0.2, -0.15) is 0 Å². The van der Waals surface area contributed by atoms with Crippen molar-refractivity contribution < 1.29 is 34.2 Å². The van der Waals surface area contributed by atoms with Gasteiger partial charge in [0.15, 0.2) is 0 Å². The molecule has 0 aliphatic rings. The highest BCUT2D eigenvalue weighted by Crippen LogP contribution is 2.13. The fourth-order valence-electron chi connectivity index (χ4n) is 4.15. The normalized spacial score (nSPS) is 13.7. The first-order valence-corrected chi connectivity index (χ1v) is 13.7. The Labute approximate surface area is 244 Å². The molecule has 2 aromatic carbocycles. The molecule has 0 fully saturated rings. The predicted octanol–water partition coefficient (Wildman–Crippen LogP) is -0.562. The van der Waals surface area contributed by atoms with Crippen LogP contribution >= 0.6 is 0 Å². The van der Waals surface area contributed by atoms with Crippen molar-refractivity contribution in [3.8, 4) is 5.75 Å². The number of primary amides is 1. The lowest BCUT2D eigenvalue weighted by Gasteiger charge is -2.25. The Morgan fingerprint density at radius 1 is 0.714 bits per heavy atom. The number of nitrogens with two attached hydrogens (primary N) is 3. The summed E-state index contributed by atoms with van der Waals surface area (Å²) in [4.78, 5) is 62.9. The molecule has 13 nitrogen and oxygen atoms in total. The standard InChI is InChI=1S/C29H40N6O7/c30-15-5-4-8-21(31)26(38)34-23(16-19-9-11-20(36)12-10-19)28(40)33-22(13-14-25(32)37)27(39)35-24(29(41)42)17-18-6-2-1-3-7-18/h1-3,6-7,9-12,21-24,36H,4-5,8,13-17,30-31H2,(H2,32,37)(H,33,40)(H,34,38)(H,35,39)(H,41,42). The summed E-state index contributed by atoms with van der Waals surface area (Å²) in [6, 6.07) is 9.91. The van der Waals surface area contributed by atoms with Crippen LogP contribution in [0.15, 0.2) is 54.6 Å². The topological polar surface area (TPSA) is 240 Å². The molecule has 4 atom stereocenters. The summed E-state index contributed by atoms with van der Waals surface area (Å²) in [7, 11) is 0. The summed E-state index contributed by atoms with van der Waals surface area (Å²) in [5, 5.41) is 26.9. The Bertz CT molecular complexity index is 1190. The van der Waals surface area contributed by atoms with Crippen molar-refractivity contribution in [3.05, 3.63) is 65.7 Å². The molecule has 42 heavy (non-hydrogen) atoms. The maximum Gasteiger partial charge on any atom is 0.326 e. The lowest BCUT2D eigenvalue weighted by Crippen LogP contribution is -2.57. The third kappa shape index (κ3) is 11.9. The van der Waals surface area contributed by atoms with Crippen molar-refractivity contribution in [2.75, 3.05) is 6.54 Å². The molecular formula is C29H40N6O7. The molecule has 0 aliphatic carbocycles. The molecule has 0 aliphatic heterocycles. The fourth-order valence-corrected chi connectivity index (χ4v) is 4.15. The van der Waals surface area contributed by atoms with Gasteiger partial charge in [0.25, 0.3) is 0 Å². The maximum absolute atomic E-state index is 13.5. The lowest BCUT2D eigenvalue weighted by molar-refractivity contribution is -0.142. The van der Waals surface area contributed by atoms with E-state index in [0.717, 1.165) is 0 Å².